The molecule has 0 atom stereocenters. The van der Waals surface area contributed by atoms with Crippen LogP contribution in [-0.2, 0) is 18.9 Å². The molecule has 0 bridgehead atoms. The average molecular weight is 578 g/mol. The molecule has 13 heteroatoms. The van der Waals surface area contributed by atoms with Gasteiger partial charge in [-0.15, -0.1) is 0 Å². The second-order valence-corrected chi connectivity index (χ2v) is 11.0. The number of aromatic nitrogens is 4. The first-order valence-corrected chi connectivity index (χ1v) is 13.7. The molecule has 0 amide bonds. The highest BCUT2D eigenvalue weighted by molar-refractivity contribution is 5.59. The number of halogens is 6. The zero-order chi connectivity index (χ0) is 28.8. The molecule has 1 spiro atoms. The molecular weight excluding hydrogens is 548 g/mol. The second kappa shape index (κ2) is 10.4. The van der Waals surface area contributed by atoms with Gasteiger partial charge >= 0.3 is 12.4 Å². The van der Waals surface area contributed by atoms with Gasteiger partial charge in [0.2, 0.25) is 5.95 Å². The number of hydrogen-bond donors (Lipinski definition) is 1. The fourth-order valence-corrected chi connectivity index (χ4v) is 5.85. The van der Waals surface area contributed by atoms with E-state index in [1.54, 1.807) is 4.90 Å². The van der Waals surface area contributed by atoms with E-state index in [1.165, 1.54) is 24.4 Å². The number of piperazine rings is 1. The Morgan fingerprint density at radius 1 is 0.902 bits per heavy atom. The number of alkyl halides is 6. The van der Waals surface area contributed by atoms with E-state index in [0.717, 1.165) is 56.7 Å². The molecule has 0 radical (unpaired) electrons. The van der Waals surface area contributed by atoms with Crippen LogP contribution in [0.1, 0.15) is 55.5 Å². The van der Waals surface area contributed by atoms with E-state index in [1.807, 2.05) is 4.90 Å². The maximum Gasteiger partial charge on any atom is 0.419 e. The van der Waals surface area contributed by atoms with Crippen molar-refractivity contribution in [3.05, 3.63) is 59.5 Å². The highest BCUT2D eigenvalue weighted by atomic mass is 19.4. The predicted octanol–water partition coefficient (Wildman–Crippen LogP) is 5.86. The highest BCUT2D eigenvalue weighted by Crippen LogP contribution is 2.47. The molecule has 3 fully saturated rings. The molecule has 2 aliphatic carbocycles. The Morgan fingerprint density at radius 3 is 2.39 bits per heavy atom. The van der Waals surface area contributed by atoms with Gasteiger partial charge in [0.1, 0.15) is 11.6 Å². The molecule has 3 aliphatic rings. The van der Waals surface area contributed by atoms with Crippen molar-refractivity contribution < 1.29 is 26.3 Å². The lowest BCUT2D eigenvalue weighted by atomic mass is 10.1. The first-order chi connectivity index (χ1) is 19.5. The van der Waals surface area contributed by atoms with E-state index in [2.05, 4.69) is 20.3 Å². The van der Waals surface area contributed by atoms with Gasteiger partial charge in [0.15, 0.2) is 5.82 Å². The molecule has 6 rings (SSSR count). The highest BCUT2D eigenvalue weighted by Gasteiger charge is 2.53. The lowest BCUT2D eigenvalue weighted by molar-refractivity contribution is -0.138. The van der Waals surface area contributed by atoms with E-state index in [4.69, 9.17) is 4.98 Å². The van der Waals surface area contributed by atoms with Crippen molar-refractivity contribution in [3.8, 4) is 11.4 Å². The van der Waals surface area contributed by atoms with Gasteiger partial charge in [0.25, 0.3) is 0 Å². The average Bonchev–Trinajstić information content (AvgIpc) is 3.49. The maximum atomic E-state index is 13.7. The summed E-state index contributed by atoms with van der Waals surface area (Å²) in [5, 5.41) is 3.45. The number of benzene rings is 1. The van der Waals surface area contributed by atoms with Crippen LogP contribution in [0.5, 0.6) is 0 Å². The first-order valence-electron chi connectivity index (χ1n) is 13.7. The van der Waals surface area contributed by atoms with Gasteiger partial charge in [-0.05, 0) is 49.9 Å². The van der Waals surface area contributed by atoms with Gasteiger partial charge in [-0.25, -0.2) is 9.97 Å². The number of rotatable bonds is 6. The Bertz CT molecular complexity index is 1400. The number of pyridine rings is 1. The van der Waals surface area contributed by atoms with Crippen LogP contribution in [0.3, 0.4) is 0 Å². The number of hydrogen-bond acceptors (Lipinski definition) is 7. The smallest absolute Gasteiger partial charge is 0.352 e. The maximum absolute atomic E-state index is 13.7. The monoisotopic (exact) mass is 577 g/mol. The minimum atomic E-state index is -4.53. The van der Waals surface area contributed by atoms with E-state index in [-0.39, 0.29) is 23.8 Å². The van der Waals surface area contributed by atoms with Crippen molar-refractivity contribution in [1.29, 1.82) is 0 Å². The van der Waals surface area contributed by atoms with Crippen molar-refractivity contribution in [2.24, 2.45) is 0 Å². The minimum absolute atomic E-state index is 0.104. The normalized spacial score (nSPS) is 19.3. The largest absolute Gasteiger partial charge is 0.419 e. The summed E-state index contributed by atoms with van der Waals surface area (Å²) in [5.41, 5.74) is -1.86. The minimum Gasteiger partial charge on any atom is -0.352 e. The molecule has 3 heterocycles. The fraction of sp³-hybridized carbons (Fsp3) is 0.500. The molecule has 1 aliphatic heterocycles. The summed E-state index contributed by atoms with van der Waals surface area (Å²) in [4.78, 5) is 21.6. The SMILES string of the molecule is FC(F)(F)c1cccc(-c2nc(CNC3CCCC3)nc(N3CCN(c4ncccc4C(F)(F)F)CC34CC4)n2)c1. The van der Waals surface area contributed by atoms with Crippen LogP contribution in [0, 0.1) is 0 Å². The van der Waals surface area contributed by atoms with Crippen LogP contribution in [0.4, 0.5) is 38.1 Å². The zero-order valence-corrected chi connectivity index (χ0v) is 22.1. The van der Waals surface area contributed by atoms with E-state index in [0.29, 0.717) is 37.4 Å². The molecule has 41 heavy (non-hydrogen) atoms. The Hall–Kier alpha value is -3.48. The molecule has 2 saturated carbocycles. The van der Waals surface area contributed by atoms with Crippen molar-refractivity contribution in [2.75, 3.05) is 29.4 Å². The molecule has 7 nitrogen and oxygen atoms in total. The summed E-state index contributed by atoms with van der Waals surface area (Å²) < 4.78 is 81.5. The van der Waals surface area contributed by atoms with E-state index in [9.17, 15) is 26.3 Å². The Kier molecular flexibility index (Phi) is 7.03. The van der Waals surface area contributed by atoms with Gasteiger partial charge in [0.05, 0.1) is 23.2 Å². The van der Waals surface area contributed by atoms with Gasteiger partial charge in [0, 0.05) is 37.4 Å². The van der Waals surface area contributed by atoms with Crippen LogP contribution < -0.4 is 15.1 Å². The molecule has 0 unspecified atom stereocenters. The summed E-state index contributed by atoms with van der Waals surface area (Å²) >= 11 is 0. The Balaban J connectivity index is 1.32. The van der Waals surface area contributed by atoms with Crippen molar-refractivity contribution in [3.63, 3.8) is 0 Å². The summed E-state index contributed by atoms with van der Waals surface area (Å²) in [5.74, 6) is 0.765. The van der Waals surface area contributed by atoms with Crippen LogP contribution >= 0.6 is 0 Å². The Labute approximate surface area is 233 Å². The first kappa shape index (κ1) is 27.7. The quantitative estimate of drug-likeness (QED) is 0.368. The molecule has 2 aromatic heterocycles. The number of nitrogens with one attached hydrogen (secondary N) is 1. The third-order valence-corrected chi connectivity index (χ3v) is 8.13. The molecule has 1 aromatic carbocycles. The lowest BCUT2D eigenvalue weighted by Gasteiger charge is -2.43. The molecular formula is C28H29F6N7. The topological polar surface area (TPSA) is 70.1 Å². The van der Waals surface area contributed by atoms with Gasteiger partial charge in [-0.1, -0.05) is 25.0 Å². The van der Waals surface area contributed by atoms with Crippen molar-refractivity contribution in [2.45, 2.75) is 69.0 Å². The van der Waals surface area contributed by atoms with Gasteiger partial charge in [-0.2, -0.15) is 36.3 Å². The summed E-state index contributed by atoms with van der Waals surface area (Å²) in [6, 6.07) is 7.52. The predicted molar refractivity (Wildman–Crippen MR) is 140 cm³/mol. The summed E-state index contributed by atoms with van der Waals surface area (Å²) in [6.07, 6.45) is -1.92. The van der Waals surface area contributed by atoms with Crippen LogP contribution in [0.2, 0.25) is 0 Å². The van der Waals surface area contributed by atoms with Gasteiger partial charge in [-0.3, -0.25) is 0 Å². The zero-order valence-electron chi connectivity index (χ0n) is 22.1. The molecule has 218 valence electrons. The molecule has 1 N–H and O–H groups in total. The fourth-order valence-electron chi connectivity index (χ4n) is 5.85. The standard InChI is InChI=1S/C28H29F6N7/c29-27(30,31)19-6-3-5-18(15-19)23-37-22(16-36-20-7-1-2-8-20)38-25(39-23)41-14-13-40(17-26(41)10-11-26)24-21(28(32,33)34)9-4-12-35-24/h3-6,9,12,15,20,36H,1-2,7-8,10-11,13-14,16-17H2. The third-order valence-electron chi connectivity index (χ3n) is 8.13. The van der Waals surface area contributed by atoms with Crippen molar-refractivity contribution in [1.82, 2.24) is 25.3 Å². The van der Waals surface area contributed by atoms with Gasteiger partial charge < -0.3 is 15.1 Å². The van der Waals surface area contributed by atoms with Crippen LogP contribution in [0.15, 0.2) is 42.6 Å². The lowest BCUT2D eigenvalue weighted by Crippen LogP contribution is -2.56. The Morgan fingerprint density at radius 2 is 1.68 bits per heavy atom. The van der Waals surface area contributed by atoms with Crippen molar-refractivity contribution >= 4 is 11.8 Å². The van der Waals surface area contributed by atoms with E-state index < -0.39 is 29.0 Å². The summed E-state index contributed by atoms with van der Waals surface area (Å²) in [6.45, 7) is 1.22. The van der Waals surface area contributed by atoms with Crippen LogP contribution in [0.25, 0.3) is 11.4 Å². The number of anilines is 2. The third kappa shape index (κ3) is 5.81. The number of nitrogens with zero attached hydrogens (tertiary/aromatic N) is 6. The van der Waals surface area contributed by atoms with Crippen LogP contribution in [-0.4, -0.2) is 51.2 Å². The summed E-state index contributed by atoms with van der Waals surface area (Å²) in [7, 11) is 0. The van der Waals surface area contributed by atoms with E-state index >= 15 is 0 Å². The second-order valence-electron chi connectivity index (χ2n) is 11.0. The molecule has 3 aromatic rings. The molecule has 1 saturated heterocycles.